The summed E-state index contributed by atoms with van der Waals surface area (Å²) in [5.41, 5.74) is 1.08. The minimum absolute atomic E-state index is 0.00338. The number of benzene rings is 1. The standard InChI is InChI=1S/C14H19NO3/c1-3-12(11-7-5-4-6-8-11)15-13(16)9-10-14(17)18-2/h4-8,12H,3,9-10H2,1-2H3,(H,15,16)/t12-/m0/s1. The van der Waals surface area contributed by atoms with E-state index in [4.69, 9.17) is 0 Å². The third-order valence-electron chi connectivity index (χ3n) is 2.73. The Hall–Kier alpha value is -1.84. The Balaban J connectivity index is 2.49. The van der Waals surface area contributed by atoms with Gasteiger partial charge in [-0.1, -0.05) is 37.3 Å². The summed E-state index contributed by atoms with van der Waals surface area (Å²) < 4.78 is 4.50. The number of amides is 1. The van der Waals surface area contributed by atoms with Gasteiger partial charge in [0.05, 0.1) is 19.6 Å². The number of carbonyl (C=O) groups is 2. The van der Waals surface area contributed by atoms with Gasteiger partial charge in [-0.3, -0.25) is 9.59 Å². The average molecular weight is 249 g/mol. The molecule has 18 heavy (non-hydrogen) atoms. The van der Waals surface area contributed by atoms with Crippen LogP contribution >= 0.6 is 0 Å². The van der Waals surface area contributed by atoms with Crippen LogP contribution in [0.3, 0.4) is 0 Å². The van der Waals surface area contributed by atoms with Crippen LogP contribution in [0.1, 0.15) is 37.8 Å². The van der Waals surface area contributed by atoms with Crippen LogP contribution in [0.5, 0.6) is 0 Å². The van der Waals surface area contributed by atoms with Crippen LogP contribution < -0.4 is 5.32 Å². The smallest absolute Gasteiger partial charge is 0.306 e. The lowest BCUT2D eigenvalue weighted by atomic mass is 10.0. The molecular formula is C14H19NO3. The Kier molecular flexibility index (Phi) is 5.91. The molecule has 0 aliphatic carbocycles. The van der Waals surface area contributed by atoms with E-state index >= 15 is 0 Å². The molecule has 98 valence electrons. The van der Waals surface area contributed by atoms with Crippen LogP contribution in [0, 0.1) is 0 Å². The molecular weight excluding hydrogens is 230 g/mol. The van der Waals surface area contributed by atoms with E-state index in [9.17, 15) is 9.59 Å². The third-order valence-corrected chi connectivity index (χ3v) is 2.73. The molecule has 1 rings (SSSR count). The van der Waals surface area contributed by atoms with Gasteiger partial charge in [0, 0.05) is 6.42 Å². The monoisotopic (exact) mass is 249 g/mol. The molecule has 0 saturated carbocycles. The lowest BCUT2D eigenvalue weighted by Crippen LogP contribution is -2.28. The van der Waals surface area contributed by atoms with Crippen LogP contribution in [0.4, 0.5) is 0 Å². The summed E-state index contributed by atoms with van der Waals surface area (Å²) in [5.74, 6) is -0.492. The second-order valence-corrected chi connectivity index (χ2v) is 4.02. The fourth-order valence-corrected chi connectivity index (χ4v) is 1.69. The Morgan fingerprint density at radius 3 is 2.44 bits per heavy atom. The first-order valence-corrected chi connectivity index (χ1v) is 6.08. The Morgan fingerprint density at radius 1 is 1.22 bits per heavy atom. The molecule has 0 spiro atoms. The van der Waals surface area contributed by atoms with Crippen molar-refractivity contribution in [3.05, 3.63) is 35.9 Å². The second-order valence-electron chi connectivity index (χ2n) is 4.02. The average Bonchev–Trinajstić information content (AvgIpc) is 2.43. The molecule has 1 aromatic carbocycles. The van der Waals surface area contributed by atoms with Crippen molar-refractivity contribution in [2.24, 2.45) is 0 Å². The van der Waals surface area contributed by atoms with Gasteiger partial charge in [0.25, 0.3) is 0 Å². The molecule has 0 unspecified atom stereocenters. The SMILES string of the molecule is CC[C@H](NC(=O)CCC(=O)OC)c1ccccc1. The lowest BCUT2D eigenvalue weighted by Gasteiger charge is -2.17. The van der Waals surface area contributed by atoms with E-state index in [2.05, 4.69) is 10.1 Å². The zero-order valence-corrected chi connectivity index (χ0v) is 10.8. The molecule has 4 heteroatoms. The third kappa shape index (κ3) is 4.57. The number of methoxy groups -OCH3 is 1. The molecule has 0 aliphatic heterocycles. The number of esters is 1. The van der Waals surface area contributed by atoms with E-state index in [1.807, 2.05) is 37.3 Å². The summed E-state index contributed by atoms with van der Waals surface area (Å²) in [7, 11) is 1.32. The Labute approximate surface area is 107 Å². The fourth-order valence-electron chi connectivity index (χ4n) is 1.69. The van der Waals surface area contributed by atoms with Crippen molar-refractivity contribution in [2.75, 3.05) is 7.11 Å². The van der Waals surface area contributed by atoms with Gasteiger partial charge in [0.1, 0.15) is 0 Å². The topological polar surface area (TPSA) is 55.4 Å². The minimum atomic E-state index is -0.363. The van der Waals surface area contributed by atoms with Gasteiger partial charge >= 0.3 is 5.97 Å². The van der Waals surface area contributed by atoms with E-state index in [1.165, 1.54) is 7.11 Å². The molecule has 0 heterocycles. The van der Waals surface area contributed by atoms with Crippen LogP contribution in [-0.4, -0.2) is 19.0 Å². The first-order chi connectivity index (χ1) is 8.67. The van der Waals surface area contributed by atoms with E-state index in [0.29, 0.717) is 0 Å². The van der Waals surface area contributed by atoms with Crippen molar-refractivity contribution in [3.63, 3.8) is 0 Å². The van der Waals surface area contributed by atoms with Gasteiger partial charge in [-0.05, 0) is 12.0 Å². The minimum Gasteiger partial charge on any atom is -0.469 e. The van der Waals surface area contributed by atoms with Gasteiger partial charge in [-0.25, -0.2) is 0 Å². The first kappa shape index (κ1) is 14.2. The molecule has 0 aromatic heterocycles. The largest absolute Gasteiger partial charge is 0.469 e. The van der Waals surface area contributed by atoms with E-state index in [0.717, 1.165) is 12.0 Å². The first-order valence-electron chi connectivity index (χ1n) is 6.08. The highest BCUT2D eigenvalue weighted by Crippen LogP contribution is 2.16. The molecule has 1 aromatic rings. The highest BCUT2D eigenvalue weighted by atomic mass is 16.5. The van der Waals surface area contributed by atoms with E-state index in [1.54, 1.807) is 0 Å². The summed E-state index contributed by atoms with van der Waals surface area (Å²) >= 11 is 0. The summed E-state index contributed by atoms with van der Waals surface area (Å²) in [5, 5.41) is 2.92. The van der Waals surface area contributed by atoms with E-state index in [-0.39, 0.29) is 30.8 Å². The summed E-state index contributed by atoms with van der Waals surface area (Å²) in [6, 6.07) is 9.78. The number of hydrogen-bond acceptors (Lipinski definition) is 3. The number of hydrogen-bond donors (Lipinski definition) is 1. The maximum Gasteiger partial charge on any atom is 0.306 e. The van der Waals surface area contributed by atoms with Gasteiger partial charge < -0.3 is 10.1 Å². The van der Waals surface area contributed by atoms with Crippen molar-refractivity contribution in [3.8, 4) is 0 Å². The molecule has 4 nitrogen and oxygen atoms in total. The van der Waals surface area contributed by atoms with Crippen LogP contribution in [-0.2, 0) is 14.3 Å². The van der Waals surface area contributed by atoms with E-state index < -0.39 is 0 Å². The van der Waals surface area contributed by atoms with Gasteiger partial charge in [0.15, 0.2) is 0 Å². The van der Waals surface area contributed by atoms with Crippen molar-refractivity contribution >= 4 is 11.9 Å². The summed E-state index contributed by atoms with van der Waals surface area (Å²) in [6.45, 7) is 2.01. The summed E-state index contributed by atoms with van der Waals surface area (Å²) in [6.07, 6.45) is 1.09. The quantitative estimate of drug-likeness (QED) is 0.786. The molecule has 1 N–H and O–H groups in total. The lowest BCUT2D eigenvalue weighted by molar-refractivity contribution is -0.142. The van der Waals surface area contributed by atoms with Gasteiger partial charge in [-0.2, -0.15) is 0 Å². The molecule has 1 amide bonds. The predicted molar refractivity (Wildman–Crippen MR) is 68.9 cm³/mol. The normalized spacial score (nSPS) is 11.7. The predicted octanol–water partition coefficient (Wildman–Crippen LogP) is 2.21. The zero-order valence-electron chi connectivity index (χ0n) is 10.8. The van der Waals surface area contributed by atoms with Crippen molar-refractivity contribution < 1.29 is 14.3 Å². The van der Waals surface area contributed by atoms with Crippen molar-refractivity contribution in [2.45, 2.75) is 32.2 Å². The van der Waals surface area contributed by atoms with Crippen molar-refractivity contribution in [1.29, 1.82) is 0 Å². The second kappa shape index (κ2) is 7.48. The van der Waals surface area contributed by atoms with Crippen molar-refractivity contribution in [1.82, 2.24) is 5.32 Å². The molecule has 0 bridgehead atoms. The number of rotatable bonds is 6. The Bertz CT molecular complexity index is 389. The van der Waals surface area contributed by atoms with Gasteiger partial charge in [-0.15, -0.1) is 0 Å². The number of nitrogens with one attached hydrogen (secondary N) is 1. The highest BCUT2D eigenvalue weighted by Gasteiger charge is 2.13. The summed E-state index contributed by atoms with van der Waals surface area (Å²) in [4.78, 5) is 22.6. The number of ether oxygens (including phenoxy) is 1. The maximum atomic E-state index is 11.7. The molecule has 0 radical (unpaired) electrons. The van der Waals surface area contributed by atoms with Gasteiger partial charge in [0.2, 0.25) is 5.91 Å². The highest BCUT2D eigenvalue weighted by molar-refractivity contribution is 5.81. The van der Waals surface area contributed by atoms with Crippen LogP contribution in [0.25, 0.3) is 0 Å². The number of carbonyl (C=O) groups excluding carboxylic acids is 2. The maximum absolute atomic E-state index is 11.7. The van der Waals surface area contributed by atoms with Crippen LogP contribution in [0.2, 0.25) is 0 Å². The zero-order chi connectivity index (χ0) is 13.4. The molecule has 0 fully saturated rings. The fraction of sp³-hybridized carbons (Fsp3) is 0.429. The molecule has 1 atom stereocenters. The molecule has 0 saturated heterocycles. The Morgan fingerprint density at radius 2 is 1.89 bits per heavy atom. The van der Waals surface area contributed by atoms with Crippen LogP contribution in [0.15, 0.2) is 30.3 Å². The molecule has 0 aliphatic rings.